The van der Waals surface area contributed by atoms with E-state index >= 15 is 0 Å². The van der Waals surface area contributed by atoms with E-state index in [4.69, 9.17) is 16.5 Å². The van der Waals surface area contributed by atoms with E-state index in [0.717, 1.165) is 11.5 Å². The van der Waals surface area contributed by atoms with Crippen LogP contribution in [0.15, 0.2) is 24.3 Å². The summed E-state index contributed by atoms with van der Waals surface area (Å²) in [5.74, 6) is 2.73. The first kappa shape index (κ1) is 18.6. The number of ether oxygens (including phenoxy) is 1. The Morgan fingerprint density at radius 2 is 1.75 bits per heavy atom. The van der Waals surface area contributed by atoms with Crippen molar-refractivity contribution in [2.24, 2.45) is 5.92 Å². The summed E-state index contributed by atoms with van der Waals surface area (Å²) in [7, 11) is 2.54. The highest BCUT2D eigenvalue weighted by Gasteiger charge is 2.29. The molecule has 0 bridgehead atoms. The lowest BCUT2D eigenvalue weighted by Gasteiger charge is -2.28. The predicted molar refractivity (Wildman–Crippen MR) is 105 cm³/mol. The van der Waals surface area contributed by atoms with Crippen LogP contribution in [-0.4, -0.2) is 20.1 Å². The van der Waals surface area contributed by atoms with Crippen LogP contribution in [0.25, 0.3) is 0 Å². The standard InChI is InChI=1S/C14H25OPS3Si/c1-12(2)11-18-16(17,19-20(4,5)6)14-9-7-13(15-3)8-10-14/h7-10,12H,11H2,1-6H3. The second-order valence-corrected chi connectivity index (χ2v) is 26.2. The first-order valence-electron chi connectivity index (χ1n) is 6.76. The zero-order valence-corrected chi connectivity index (χ0v) is 17.5. The number of rotatable bonds is 7. The Bertz CT molecular complexity index is 468. The molecule has 0 saturated heterocycles. The van der Waals surface area contributed by atoms with Gasteiger partial charge < -0.3 is 4.74 Å². The molecule has 20 heavy (non-hydrogen) atoms. The van der Waals surface area contributed by atoms with Gasteiger partial charge in [-0.2, -0.15) is 0 Å². The quantitative estimate of drug-likeness (QED) is 0.460. The molecular formula is C14H25OPS3Si. The Hall–Kier alpha value is 0.587. The molecule has 0 heterocycles. The van der Waals surface area contributed by atoms with E-state index in [2.05, 4.69) is 56.5 Å². The molecule has 0 aliphatic rings. The molecule has 1 aromatic carbocycles. The van der Waals surface area contributed by atoms with Crippen LogP contribution >= 0.6 is 26.7 Å². The third-order valence-electron chi connectivity index (χ3n) is 2.36. The summed E-state index contributed by atoms with van der Waals surface area (Å²) in [6, 6.07) is 8.41. The summed E-state index contributed by atoms with van der Waals surface area (Å²) in [6.07, 6.45) is 0. The molecule has 6 heteroatoms. The average Bonchev–Trinajstić information content (AvgIpc) is 2.34. The number of benzene rings is 1. The Morgan fingerprint density at radius 3 is 2.15 bits per heavy atom. The Kier molecular flexibility index (Phi) is 7.20. The summed E-state index contributed by atoms with van der Waals surface area (Å²) < 4.78 is 3.65. The van der Waals surface area contributed by atoms with Crippen LogP contribution in [0.3, 0.4) is 0 Å². The molecule has 1 aromatic rings. The van der Waals surface area contributed by atoms with E-state index in [0.29, 0.717) is 5.92 Å². The van der Waals surface area contributed by atoms with Crippen molar-refractivity contribution in [2.45, 2.75) is 33.5 Å². The second kappa shape index (κ2) is 7.73. The van der Waals surface area contributed by atoms with Gasteiger partial charge in [0.15, 0.2) is 0 Å². The SMILES string of the molecule is COc1ccc(P(=S)(SCC(C)C)S[Si](C)(C)C)cc1. The Morgan fingerprint density at radius 1 is 1.20 bits per heavy atom. The van der Waals surface area contributed by atoms with Crippen molar-refractivity contribution in [3.63, 3.8) is 0 Å². The van der Waals surface area contributed by atoms with Crippen LogP contribution in [0.1, 0.15) is 13.8 Å². The maximum Gasteiger partial charge on any atom is 0.118 e. The normalized spacial score (nSPS) is 15.2. The smallest absolute Gasteiger partial charge is 0.118 e. The zero-order chi connectivity index (χ0) is 15.4. The highest BCUT2D eigenvalue weighted by Crippen LogP contribution is 2.71. The van der Waals surface area contributed by atoms with Gasteiger partial charge in [-0.1, -0.05) is 45.3 Å². The minimum Gasteiger partial charge on any atom is -0.497 e. The van der Waals surface area contributed by atoms with Crippen molar-refractivity contribution in [3.05, 3.63) is 24.3 Å². The van der Waals surface area contributed by atoms with E-state index in [1.165, 1.54) is 5.30 Å². The van der Waals surface area contributed by atoms with Gasteiger partial charge in [0.2, 0.25) is 0 Å². The van der Waals surface area contributed by atoms with E-state index in [1.807, 2.05) is 23.5 Å². The molecule has 0 radical (unpaired) electrons. The first-order valence-corrected chi connectivity index (χ1v) is 16.8. The molecule has 1 nitrogen and oxygen atoms in total. The molecule has 0 spiro atoms. The van der Waals surface area contributed by atoms with Gasteiger partial charge >= 0.3 is 0 Å². The number of hydrogen-bond acceptors (Lipinski definition) is 4. The number of hydrogen-bond donors (Lipinski definition) is 0. The molecule has 0 aliphatic heterocycles. The molecule has 0 fully saturated rings. The van der Waals surface area contributed by atoms with Crippen LogP contribution in [0, 0.1) is 5.92 Å². The van der Waals surface area contributed by atoms with Gasteiger partial charge in [0, 0.05) is 11.1 Å². The fraction of sp³-hybridized carbons (Fsp3) is 0.571. The Labute approximate surface area is 137 Å². The van der Waals surface area contributed by atoms with E-state index in [1.54, 1.807) is 7.11 Å². The van der Waals surface area contributed by atoms with Gasteiger partial charge in [-0.25, -0.2) is 0 Å². The van der Waals surface area contributed by atoms with Crippen molar-refractivity contribution in [2.75, 3.05) is 12.9 Å². The summed E-state index contributed by atoms with van der Waals surface area (Å²) in [4.78, 5) is 0. The van der Waals surface area contributed by atoms with Crippen LogP contribution < -0.4 is 10.0 Å². The first-order chi connectivity index (χ1) is 9.16. The molecule has 1 unspecified atom stereocenters. The lowest BCUT2D eigenvalue weighted by atomic mass is 10.3. The molecule has 0 saturated carbocycles. The van der Waals surface area contributed by atoms with Crippen molar-refractivity contribution in [3.8, 4) is 5.75 Å². The van der Waals surface area contributed by atoms with Gasteiger partial charge in [-0.3, -0.25) is 0 Å². The van der Waals surface area contributed by atoms with Gasteiger partial charge in [0.25, 0.3) is 0 Å². The summed E-state index contributed by atoms with van der Waals surface area (Å²) >= 11 is 8.15. The molecule has 114 valence electrons. The third kappa shape index (κ3) is 6.14. The summed E-state index contributed by atoms with van der Waals surface area (Å²) in [6.45, 7) is 11.7. The molecule has 1 rings (SSSR count). The van der Waals surface area contributed by atoms with Gasteiger partial charge in [0.1, 0.15) is 13.0 Å². The minimum atomic E-state index is -1.60. The molecule has 0 N–H and O–H groups in total. The minimum absolute atomic E-state index is 0.683. The van der Waals surface area contributed by atoms with Crippen LogP contribution in [0.2, 0.25) is 19.6 Å². The molecule has 0 aromatic heterocycles. The lowest BCUT2D eigenvalue weighted by Crippen LogP contribution is -2.16. The maximum atomic E-state index is 6.15. The fourth-order valence-electron chi connectivity index (χ4n) is 1.53. The van der Waals surface area contributed by atoms with E-state index in [9.17, 15) is 0 Å². The van der Waals surface area contributed by atoms with Gasteiger partial charge in [-0.15, -0.1) is 22.2 Å². The molecular weight excluding hydrogens is 339 g/mol. The molecule has 0 aliphatic carbocycles. The summed E-state index contributed by atoms with van der Waals surface area (Å²) in [5, 5.41) is 1.33. The van der Waals surface area contributed by atoms with E-state index < -0.39 is 11.7 Å². The maximum absolute atomic E-state index is 6.15. The largest absolute Gasteiger partial charge is 0.497 e. The lowest BCUT2D eigenvalue weighted by molar-refractivity contribution is 0.415. The van der Waals surface area contributed by atoms with Crippen LogP contribution in [0.4, 0.5) is 0 Å². The average molecular weight is 365 g/mol. The van der Waals surface area contributed by atoms with Crippen LogP contribution in [0.5, 0.6) is 5.75 Å². The molecule has 0 amide bonds. The second-order valence-electron chi connectivity index (χ2n) is 6.09. The van der Waals surface area contributed by atoms with Gasteiger partial charge in [-0.05, 0) is 30.2 Å². The van der Waals surface area contributed by atoms with Crippen molar-refractivity contribution in [1.82, 2.24) is 0 Å². The van der Waals surface area contributed by atoms with Gasteiger partial charge in [0.05, 0.1) is 11.6 Å². The summed E-state index contributed by atoms with van der Waals surface area (Å²) in [5.41, 5.74) is 0. The topological polar surface area (TPSA) is 9.23 Å². The predicted octanol–water partition coefficient (Wildman–Crippen LogP) is 5.59. The van der Waals surface area contributed by atoms with Crippen LogP contribution in [-0.2, 0) is 11.8 Å². The molecule has 1 atom stereocenters. The van der Waals surface area contributed by atoms with Crippen molar-refractivity contribution in [1.29, 1.82) is 0 Å². The zero-order valence-electron chi connectivity index (χ0n) is 13.2. The van der Waals surface area contributed by atoms with Crippen molar-refractivity contribution < 1.29 is 4.74 Å². The number of methoxy groups -OCH3 is 1. The Balaban J connectivity index is 3.04. The van der Waals surface area contributed by atoms with E-state index in [-0.39, 0.29) is 0 Å². The van der Waals surface area contributed by atoms with Crippen molar-refractivity contribution >= 4 is 51.0 Å². The monoisotopic (exact) mass is 364 g/mol. The fourth-order valence-corrected chi connectivity index (χ4v) is 31.7. The third-order valence-corrected chi connectivity index (χ3v) is 24.0. The highest BCUT2D eigenvalue weighted by molar-refractivity contribution is 9.07. The highest BCUT2D eigenvalue weighted by atomic mass is 33.3.